The molecule has 6 heteroatoms. The van der Waals surface area contributed by atoms with E-state index in [-0.39, 0.29) is 24.3 Å². The average Bonchev–Trinajstić information content (AvgIpc) is 2.70. The molecule has 2 aromatic rings. The summed E-state index contributed by atoms with van der Waals surface area (Å²) in [5, 5.41) is 2.71. The molecule has 3 rings (SSSR count). The molecule has 1 aliphatic rings. The number of nitrogens with zero attached hydrogens (tertiary/aromatic N) is 1. The summed E-state index contributed by atoms with van der Waals surface area (Å²) in [6.45, 7) is 3.31. The fraction of sp³-hybridized carbons (Fsp3) is 0.263. The molecule has 1 N–H and O–H groups in total. The van der Waals surface area contributed by atoms with Gasteiger partial charge in [-0.25, -0.2) is 8.78 Å². The molecule has 2 aromatic carbocycles. The molecule has 0 unspecified atom stereocenters. The van der Waals surface area contributed by atoms with E-state index in [0.29, 0.717) is 16.8 Å². The zero-order chi connectivity index (χ0) is 18.1. The topological polar surface area (TPSA) is 49.4 Å². The van der Waals surface area contributed by atoms with Crippen LogP contribution in [0.1, 0.15) is 31.0 Å². The zero-order valence-electron chi connectivity index (χ0n) is 13.9. The normalized spacial score (nSPS) is 17.1. The van der Waals surface area contributed by atoms with Crippen LogP contribution in [0.25, 0.3) is 0 Å². The molecule has 1 aliphatic heterocycles. The van der Waals surface area contributed by atoms with Gasteiger partial charge in [-0.05, 0) is 35.9 Å². The zero-order valence-corrected chi connectivity index (χ0v) is 13.9. The van der Waals surface area contributed by atoms with Gasteiger partial charge in [0.25, 0.3) is 0 Å². The van der Waals surface area contributed by atoms with Crippen molar-refractivity contribution >= 4 is 17.5 Å². The van der Waals surface area contributed by atoms with Crippen molar-refractivity contribution in [3.8, 4) is 0 Å². The quantitative estimate of drug-likeness (QED) is 0.907. The summed E-state index contributed by atoms with van der Waals surface area (Å²) in [6.07, 6.45) is 0. The molecule has 4 nitrogen and oxygen atoms in total. The van der Waals surface area contributed by atoms with E-state index in [1.54, 1.807) is 26.0 Å². The van der Waals surface area contributed by atoms with Crippen LogP contribution in [0, 0.1) is 17.6 Å². The minimum atomic E-state index is -0.680. The van der Waals surface area contributed by atoms with Crippen molar-refractivity contribution in [3.05, 3.63) is 65.2 Å². The minimum Gasteiger partial charge on any atom is -0.324 e. The molecule has 0 aliphatic carbocycles. The van der Waals surface area contributed by atoms with E-state index in [0.717, 1.165) is 0 Å². The molecule has 25 heavy (non-hydrogen) atoms. The molecule has 1 atom stereocenters. The number of carbonyl (C=O) groups excluding carboxylic acids is 2. The predicted molar refractivity (Wildman–Crippen MR) is 89.8 cm³/mol. The maximum Gasteiger partial charge on any atom is 0.244 e. The Bertz CT molecular complexity index is 819. The molecular weight excluding hydrogens is 326 g/mol. The Hall–Kier alpha value is -2.76. The lowest BCUT2D eigenvalue weighted by Gasteiger charge is -2.31. The fourth-order valence-electron chi connectivity index (χ4n) is 3.02. The van der Waals surface area contributed by atoms with Crippen molar-refractivity contribution in [2.24, 2.45) is 5.92 Å². The molecule has 130 valence electrons. The second kappa shape index (κ2) is 6.63. The van der Waals surface area contributed by atoms with Crippen LogP contribution >= 0.6 is 0 Å². The third kappa shape index (κ3) is 3.38. The van der Waals surface area contributed by atoms with Gasteiger partial charge < -0.3 is 10.2 Å². The van der Waals surface area contributed by atoms with Gasteiger partial charge in [0.2, 0.25) is 11.8 Å². The summed E-state index contributed by atoms with van der Waals surface area (Å²) in [4.78, 5) is 26.4. The number of halogens is 2. The molecule has 0 aromatic heterocycles. The number of anilines is 1. The first-order valence-electron chi connectivity index (χ1n) is 8.02. The Kier molecular flexibility index (Phi) is 4.53. The number of hydrogen-bond donors (Lipinski definition) is 1. The van der Waals surface area contributed by atoms with Crippen LogP contribution < -0.4 is 5.32 Å². The standard InChI is InChI=1S/C19H18F2N2O2/c1-11(2)19(25)23-10-17(24)22-16-8-7-14(21)9-15(16)18(23)12-3-5-13(20)6-4-12/h3-9,11,18H,10H2,1-2H3,(H,22,24)/t18-/m0/s1. The van der Waals surface area contributed by atoms with Crippen LogP contribution in [0.4, 0.5) is 14.5 Å². The van der Waals surface area contributed by atoms with E-state index in [1.165, 1.54) is 35.2 Å². The number of nitrogens with one attached hydrogen (secondary N) is 1. The van der Waals surface area contributed by atoms with Crippen molar-refractivity contribution in [2.75, 3.05) is 11.9 Å². The van der Waals surface area contributed by atoms with E-state index < -0.39 is 17.7 Å². The summed E-state index contributed by atoms with van der Waals surface area (Å²) < 4.78 is 27.2. The highest BCUT2D eigenvalue weighted by atomic mass is 19.1. The third-order valence-corrected chi connectivity index (χ3v) is 4.17. The number of rotatable bonds is 2. The van der Waals surface area contributed by atoms with E-state index in [4.69, 9.17) is 0 Å². The summed E-state index contributed by atoms with van der Waals surface area (Å²) in [6, 6.07) is 9.01. The van der Waals surface area contributed by atoms with Gasteiger partial charge in [0.15, 0.2) is 0 Å². The highest BCUT2D eigenvalue weighted by molar-refractivity contribution is 5.97. The monoisotopic (exact) mass is 344 g/mol. The van der Waals surface area contributed by atoms with E-state index in [9.17, 15) is 18.4 Å². The summed E-state index contributed by atoms with van der Waals surface area (Å²) in [5.74, 6) is -1.81. The van der Waals surface area contributed by atoms with Gasteiger partial charge in [-0.1, -0.05) is 26.0 Å². The van der Waals surface area contributed by atoms with E-state index >= 15 is 0 Å². The van der Waals surface area contributed by atoms with Gasteiger partial charge in [-0.3, -0.25) is 9.59 Å². The first kappa shape index (κ1) is 17.1. The van der Waals surface area contributed by atoms with Gasteiger partial charge in [0.1, 0.15) is 18.2 Å². The highest BCUT2D eigenvalue weighted by Crippen LogP contribution is 2.36. The lowest BCUT2D eigenvalue weighted by molar-refractivity contribution is -0.139. The molecule has 0 spiro atoms. The first-order valence-corrected chi connectivity index (χ1v) is 8.02. The van der Waals surface area contributed by atoms with Crippen molar-refractivity contribution < 1.29 is 18.4 Å². The summed E-state index contributed by atoms with van der Waals surface area (Å²) in [5.41, 5.74) is 1.52. The van der Waals surface area contributed by atoms with Gasteiger partial charge in [-0.15, -0.1) is 0 Å². The Balaban J connectivity index is 2.21. The number of hydrogen-bond acceptors (Lipinski definition) is 2. The molecule has 0 saturated heterocycles. The fourth-order valence-corrected chi connectivity index (χ4v) is 3.02. The van der Waals surface area contributed by atoms with Crippen LogP contribution in [-0.4, -0.2) is 23.3 Å². The van der Waals surface area contributed by atoms with Crippen LogP contribution in [0.3, 0.4) is 0 Å². The van der Waals surface area contributed by atoms with Gasteiger partial charge in [0, 0.05) is 17.2 Å². The van der Waals surface area contributed by atoms with Crippen LogP contribution in [-0.2, 0) is 9.59 Å². The van der Waals surface area contributed by atoms with Crippen molar-refractivity contribution in [3.63, 3.8) is 0 Å². The van der Waals surface area contributed by atoms with Gasteiger partial charge in [-0.2, -0.15) is 0 Å². The van der Waals surface area contributed by atoms with Crippen molar-refractivity contribution in [1.82, 2.24) is 4.90 Å². The van der Waals surface area contributed by atoms with Gasteiger partial charge >= 0.3 is 0 Å². The number of carbonyl (C=O) groups is 2. The minimum absolute atomic E-state index is 0.157. The van der Waals surface area contributed by atoms with E-state index in [2.05, 4.69) is 5.32 Å². The second-order valence-corrected chi connectivity index (χ2v) is 6.35. The highest BCUT2D eigenvalue weighted by Gasteiger charge is 2.34. The Morgan fingerprint density at radius 3 is 2.40 bits per heavy atom. The maximum atomic E-state index is 13.9. The second-order valence-electron chi connectivity index (χ2n) is 6.35. The third-order valence-electron chi connectivity index (χ3n) is 4.17. The summed E-state index contributed by atoms with van der Waals surface area (Å²) in [7, 11) is 0. The number of fused-ring (bicyclic) bond motifs is 1. The predicted octanol–water partition coefficient (Wildman–Crippen LogP) is 3.49. The van der Waals surface area contributed by atoms with Crippen LogP contribution in [0.2, 0.25) is 0 Å². The Labute approximate surface area is 144 Å². The molecule has 0 bridgehead atoms. The lowest BCUT2D eigenvalue weighted by atomic mass is 9.95. The van der Waals surface area contributed by atoms with Gasteiger partial charge in [0.05, 0.1) is 6.04 Å². The van der Waals surface area contributed by atoms with Crippen LogP contribution in [0.5, 0.6) is 0 Å². The molecular formula is C19H18F2N2O2. The molecule has 0 fully saturated rings. The molecule has 0 saturated carbocycles. The van der Waals surface area contributed by atoms with Crippen LogP contribution in [0.15, 0.2) is 42.5 Å². The molecule has 0 radical (unpaired) electrons. The first-order chi connectivity index (χ1) is 11.9. The molecule has 1 heterocycles. The Morgan fingerprint density at radius 1 is 1.12 bits per heavy atom. The maximum absolute atomic E-state index is 13.9. The molecule has 2 amide bonds. The Morgan fingerprint density at radius 2 is 1.76 bits per heavy atom. The van der Waals surface area contributed by atoms with Crippen molar-refractivity contribution in [1.29, 1.82) is 0 Å². The average molecular weight is 344 g/mol. The number of benzene rings is 2. The summed E-state index contributed by atoms with van der Waals surface area (Å²) >= 11 is 0. The number of amides is 2. The smallest absolute Gasteiger partial charge is 0.244 e. The lowest BCUT2D eigenvalue weighted by Crippen LogP contribution is -2.41. The van der Waals surface area contributed by atoms with E-state index in [1.807, 2.05) is 0 Å². The SMILES string of the molecule is CC(C)C(=O)N1CC(=O)Nc2ccc(F)cc2[C@@H]1c1ccc(F)cc1. The largest absolute Gasteiger partial charge is 0.324 e. The van der Waals surface area contributed by atoms with Crippen molar-refractivity contribution in [2.45, 2.75) is 19.9 Å².